The number of aromatic nitrogens is 5. The molecule has 1 aromatic carbocycles. The Balaban J connectivity index is 1.93. The van der Waals surface area contributed by atoms with Gasteiger partial charge in [-0.2, -0.15) is 13.2 Å². The van der Waals surface area contributed by atoms with E-state index in [-0.39, 0.29) is 33.2 Å². The second-order valence-electron chi connectivity index (χ2n) is 5.89. The molecule has 11 heteroatoms. The van der Waals surface area contributed by atoms with Crippen LogP contribution < -0.4 is 4.74 Å². The zero-order valence-electron chi connectivity index (χ0n) is 14.8. The van der Waals surface area contributed by atoms with Gasteiger partial charge in [-0.05, 0) is 24.3 Å². The first-order chi connectivity index (χ1) is 14.3. The van der Waals surface area contributed by atoms with E-state index in [1.54, 1.807) is 0 Å². The third-order valence-electron chi connectivity index (χ3n) is 3.89. The predicted molar refractivity (Wildman–Crippen MR) is 99.3 cm³/mol. The van der Waals surface area contributed by atoms with Crippen molar-refractivity contribution >= 4 is 28.3 Å². The second-order valence-corrected chi connectivity index (χ2v) is 6.33. The number of ketones is 1. The fraction of sp³-hybridized carbons (Fsp3) is 0.0526. The number of halogens is 4. The molecule has 0 atom stereocenters. The van der Waals surface area contributed by atoms with Crippen molar-refractivity contribution in [3.05, 3.63) is 77.2 Å². The maximum absolute atomic E-state index is 13.3. The highest BCUT2D eigenvalue weighted by Crippen LogP contribution is 2.34. The zero-order chi connectivity index (χ0) is 21.3. The van der Waals surface area contributed by atoms with Crippen LogP contribution in [0.5, 0.6) is 11.8 Å². The molecule has 0 amide bonds. The van der Waals surface area contributed by atoms with E-state index >= 15 is 0 Å². The van der Waals surface area contributed by atoms with Gasteiger partial charge in [0.25, 0.3) is 0 Å². The van der Waals surface area contributed by atoms with Crippen LogP contribution in [0.2, 0.25) is 5.02 Å². The number of carbonyl (C=O) groups excluding carboxylic acids is 1. The van der Waals surface area contributed by atoms with Crippen LogP contribution in [-0.4, -0.2) is 30.7 Å². The monoisotopic (exact) mass is 431 g/mol. The summed E-state index contributed by atoms with van der Waals surface area (Å²) in [6.45, 7) is 0. The third kappa shape index (κ3) is 3.90. The Morgan fingerprint density at radius 1 is 1.00 bits per heavy atom. The van der Waals surface area contributed by atoms with Crippen LogP contribution >= 0.6 is 11.6 Å². The SMILES string of the molecule is O=C(c1ccncc1)c1nc(C(F)(F)F)nc2cccc(Oc3ncc(Cl)cn3)c12. The molecule has 4 aromatic rings. The lowest BCUT2D eigenvalue weighted by Gasteiger charge is -2.13. The lowest BCUT2D eigenvalue weighted by Crippen LogP contribution is -2.16. The number of nitrogens with zero attached hydrogens (tertiary/aromatic N) is 5. The molecule has 0 spiro atoms. The van der Waals surface area contributed by atoms with Gasteiger partial charge in [-0.1, -0.05) is 17.7 Å². The molecule has 0 aliphatic heterocycles. The zero-order valence-corrected chi connectivity index (χ0v) is 15.5. The van der Waals surface area contributed by atoms with Gasteiger partial charge in [0.1, 0.15) is 11.4 Å². The molecule has 30 heavy (non-hydrogen) atoms. The Morgan fingerprint density at radius 2 is 1.70 bits per heavy atom. The first kappa shape index (κ1) is 19.6. The minimum absolute atomic E-state index is 0.00846. The van der Waals surface area contributed by atoms with Crippen LogP contribution in [0.3, 0.4) is 0 Å². The summed E-state index contributed by atoms with van der Waals surface area (Å²) in [4.78, 5) is 31.7. The topological polar surface area (TPSA) is 90.8 Å². The molecular formula is C19H9ClF3N5O2. The van der Waals surface area contributed by atoms with E-state index in [4.69, 9.17) is 16.3 Å². The summed E-state index contributed by atoms with van der Waals surface area (Å²) in [5.74, 6) is -2.17. The van der Waals surface area contributed by atoms with Crippen molar-refractivity contribution in [3.63, 3.8) is 0 Å². The van der Waals surface area contributed by atoms with E-state index in [0.717, 1.165) is 0 Å². The van der Waals surface area contributed by atoms with Gasteiger partial charge in [0.15, 0.2) is 0 Å². The average Bonchev–Trinajstić information content (AvgIpc) is 2.74. The molecule has 3 aromatic heterocycles. The molecule has 4 rings (SSSR count). The van der Waals surface area contributed by atoms with Crippen LogP contribution in [0.25, 0.3) is 10.9 Å². The Bertz CT molecular complexity index is 1230. The largest absolute Gasteiger partial charge is 0.451 e. The van der Waals surface area contributed by atoms with Crippen molar-refractivity contribution in [3.8, 4) is 11.8 Å². The van der Waals surface area contributed by atoms with Crippen LogP contribution in [0.15, 0.2) is 55.1 Å². The summed E-state index contributed by atoms with van der Waals surface area (Å²) in [6.07, 6.45) is 0.421. The number of pyridine rings is 1. The Morgan fingerprint density at radius 3 is 2.37 bits per heavy atom. The van der Waals surface area contributed by atoms with Crippen molar-refractivity contribution in [2.45, 2.75) is 6.18 Å². The fourth-order valence-electron chi connectivity index (χ4n) is 2.62. The van der Waals surface area contributed by atoms with E-state index in [2.05, 4.69) is 24.9 Å². The van der Waals surface area contributed by atoms with Gasteiger partial charge >= 0.3 is 12.2 Å². The van der Waals surface area contributed by atoms with Gasteiger partial charge in [0, 0.05) is 18.0 Å². The predicted octanol–water partition coefficient (Wildman–Crippen LogP) is 4.51. The van der Waals surface area contributed by atoms with Gasteiger partial charge in [0.05, 0.1) is 28.3 Å². The summed E-state index contributed by atoms with van der Waals surface area (Å²) < 4.78 is 45.6. The van der Waals surface area contributed by atoms with Crippen molar-refractivity contribution in [1.82, 2.24) is 24.9 Å². The average molecular weight is 432 g/mol. The number of hydrogen-bond acceptors (Lipinski definition) is 7. The van der Waals surface area contributed by atoms with Crippen molar-refractivity contribution in [1.29, 1.82) is 0 Å². The molecule has 0 fully saturated rings. The Hall–Kier alpha value is -3.66. The normalized spacial score (nSPS) is 11.5. The molecule has 7 nitrogen and oxygen atoms in total. The minimum Gasteiger partial charge on any atom is -0.423 e. The quantitative estimate of drug-likeness (QED) is 0.439. The van der Waals surface area contributed by atoms with Crippen LogP contribution in [0.1, 0.15) is 21.9 Å². The van der Waals surface area contributed by atoms with E-state index in [9.17, 15) is 18.0 Å². The molecule has 0 N–H and O–H groups in total. The van der Waals surface area contributed by atoms with Crippen LogP contribution in [0.4, 0.5) is 13.2 Å². The number of benzene rings is 1. The van der Waals surface area contributed by atoms with Crippen molar-refractivity contribution in [2.75, 3.05) is 0 Å². The van der Waals surface area contributed by atoms with Gasteiger partial charge in [-0.15, -0.1) is 0 Å². The highest BCUT2D eigenvalue weighted by molar-refractivity contribution is 6.30. The minimum atomic E-state index is -4.85. The second kappa shape index (κ2) is 7.64. The van der Waals surface area contributed by atoms with Crippen molar-refractivity contribution in [2.24, 2.45) is 0 Å². The molecule has 0 unspecified atom stereocenters. The molecule has 0 bridgehead atoms. The highest BCUT2D eigenvalue weighted by Gasteiger charge is 2.36. The van der Waals surface area contributed by atoms with Crippen LogP contribution in [0, 0.1) is 0 Å². The van der Waals surface area contributed by atoms with E-state index in [1.807, 2.05) is 0 Å². The number of rotatable bonds is 4. The Labute approximate surface area is 171 Å². The fourth-order valence-corrected chi connectivity index (χ4v) is 2.72. The lowest BCUT2D eigenvalue weighted by molar-refractivity contribution is -0.144. The summed E-state index contributed by atoms with van der Waals surface area (Å²) in [5.41, 5.74) is -0.486. The lowest BCUT2D eigenvalue weighted by atomic mass is 10.0. The smallest absolute Gasteiger partial charge is 0.423 e. The van der Waals surface area contributed by atoms with E-state index in [0.29, 0.717) is 0 Å². The first-order valence-electron chi connectivity index (χ1n) is 8.31. The number of fused-ring (bicyclic) bond motifs is 1. The van der Waals surface area contributed by atoms with Crippen LogP contribution in [-0.2, 0) is 6.18 Å². The van der Waals surface area contributed by atoms with Gasteiger partial charge in [0.2, 0.25) is 11.6 Å². The molecule has 0 aliphatic rings. The highest BCUT2D eigenvalue weighted by atomic mass is 35.5. The molecule has 150 valence electrons. The molecule has 0 saturated carbocycles. The number of alkyl halides is 3. The Kier molecular flexibility index (Phi) is 5.00. The van der Waals surface area contributed by atoms with E-state index < -0.39 is 23.5 Å². The molecule has 0 saturated heterocycles. The van der Waals surface area contributed by atoms with Crippen molar-refractivity contribution < 1.29 is 22.7 Å². The van der Waals surface area contributed by atoms with E-state index in [1.165, 1.54) is 55.1 Å². The number of carbonyl (C=O) groups is 1. The summed E-state index contributed by atoms with van der Waals surface area (Å²) in [7, 11) is 0. The molecular weight excluding hydrogens is 423 g/mol. The summed E-state index contributed by atoms with van der Waals surface area (Å²) in [5, 5.41) is 0.262. The summed E-state index contributed by atoms with van der Waals surface area (Å²) in [6, 6.07) is 6.83. The summed E-state index contributed by atoms with van der Waals surface area (Å²) >= 11 is 5.75. The molecule has 0 radical (unpaired) electrons. The number of ether oxygens (including phenoxy) is 1. The van der Waals surface area contributed by atoms with Gasteiger partial charge in [-0.3, -0.25) is 9.78 Å². The number of hydrogen-bond donors (Lipinski definition) is 0. The first-order valence-corrected chi connectivity index (χ1v) is 8.69. The molecule has 0 aliphatic carbocycles. The standard InChI is InChI=1S/C19H9ClF3N5O2/c20-11-8-25-18(26-9-11)30-13-3-1-2-12-14(13)15(28-17(27-12)19(21,22)23)16(29)10-4-6-24-7-5-10/h1-9H. The maximum atomic E-state index is 13.3. The maximum Gasteiger partial charge on any atom is 0.451 e. The van der Waals surface area contributed by atoms with Gasteiger partial charge in [-0.25, -0.2) is 19.9 Å². The van der Waals surface area contributed by atoms with Gasteiger partial charge < -0.3 is 4.74 Å². The molecule has 3 heterocycles. The third-order valence-corrected chi connectivity index (χ3v) is 4.09.